The van der Waals surface area contributed by atoms with Crippen LogP contribution in [-0.2, 0) is 0 Å². The van der Waals surface area contributed by atoms with Crippen LogP contribution in [0, 0.1) is 0 Å². The Kier molecular flexibility index (Phi) is 3.58. The third kappa shape index (κ3) is 2.42. The molecule has 2 aromatic carbocycles. The fourth-order valence-corrected chi connectivity index (χ4v) is 5.45. The molecule has 2 aromatic heterocycles. The van der Waals surface area contributed by atoms with E-state index in [4.69, 9.17) is 28.9 Å². The zero-order chi connectivity index (χ0) is 16.1. The number of nitrogen functional groups attached to an aromatic ring is 1. The van der Waals surface area contributed by atoms with E-state index in [9.17, 15) is 4.79 Å². The molecule has 6 heteroatoms. The Labute approximate surface area is 149 Å². The second-order valence-corrected chi connectivity index (χ2v) is 8.32. The van der Waals surface area contributed by atoms with Crippen molar-refractivity contribution in [1.29, 1.82) is 0 Å². The third-order valence-corrected chi connectivity index (χ3v) is 6.40. The first-order chi connectivity index (χ1) is 11.0. The number of hydrogen-bond acceptors (Lipinski definition) is 4. The second kappa shape index (κ2) is 5.49. The Bertz CT molecular complexity index is 1110. The average Bonchev–Trinajstić information content (AvgIpc) is 2.84. The molecule has 4 aromatic rings. The molecule has 0 fully saturated rings. The van der Waals surface area contributed by atoms with Crippen molar-refractivity contribution in [2.45, 2.75) is 0 Å². The number of thiophene rings is 1. The van der Waals surface area contributed by atoms with Gasteiger partial charge in [0.15, 0.2) is 5.43 Å². The Morgan fingerprint density at radius 1 is 0.913 bits per heavy atom. The van der Waals surface area contributed by atoms with Crippen LogP contribution in [0.25, 0.3) is 30.6 Å². The van der Waals surface area contributed by atoms with E-state index in [1.54, 1.807) is 35.6 Å². The molecule has 23 heavy (non-hydrogen) atoms. The molecule has 114 valence electrons. The highest BCUT2D eigenvalue weighted by molar-refractivity contribution is 7.42. The van der Waals surface area contributed by atoms with Crippen LogP contribution in [0.4, 0.5) is 5.00 Å². The lowest BCUT2D eigenvalue weighted by Crippen LogP contribution is -2.01. The van der Waals surface area contributed by atoms with Crippen molar-refractivity contribution < 1.29 is 0 Å². The number of benzene rings is 2. The van der Waals surface area contributed by atoms with Gasteiger partial charge in [0.05, 0.1) is 14.4 Å². The van der Waals surface area contributed by atoms with E-state index in [0.29, 0.717) is 25.8 Å². The molecule has 0 saturated heterocycles. The normalized spacial score (nSPS) is 11.4. The summed E-state index contributed by atoms with van der Waals surface area (Å²) in [4.78, 5) is 13.0. The number of anilines is 1. The summed E-state index contributed by atoms with van der Waals surface area (Å²) in [5, 5.41) is 3.25. The molecule has 0 spiro atoms. The first kappa shape index (κ1) is 15.0. The van der Waals surface area contributed by atoms with Crippen molar-refractivity contribution >= 4 is 70.4 Å². The van der Waals surface area contributed by atoms with Gasteiger partial charge in [0.25, 0.3) is 0 Å². The third-order valence-electron chi connectivity index (χ3n) is 3.65. The van der Waals surface area contributed by atoms with E-state index in [-0.39, 0.29) is 5.43 Å². The minimum absolute atomic E-state index is 0.0108. The van der Waals surface area contributed by atoms with Gasteiger partial charge < -0.3 is 5.73 Å². The van der Waals surface area contributed by atoms with E-state index < -0.39 is 0 Å². The predicted octanol–water partition coefficient (Wildman–Crippen LogP) is 6.03. The lowest BCUT2D eigenvalue weighted by atomic mass is 10.0. The molecule has 2 nitrogen and oxygen atoms in total. The first-order valence-corrected chi connectivity index (χ1v) is 9.14. The van der Waals surface area contributed by atoms with Gasteiger partial charge in [-0.25, -0.2) is 0 Å². The summed E-state index contributed by atoms with van der Waals surface area (Å²) < 4.78 is 1.78. The van der Waals surface area contributed by atoms with Crippen molar-refractivity contribution in [1.82, 2.24) is 0 Å². The van der Waals surface area contributed by atoms with Crippen LogP contribution in [0.5, 0.6) is 0 Å². The molecular formula is C17H9Cl2NOS2. The molecule has 0 amide bonds. The van der Waals surface area contributed by atoms with Gasteiger partial charge in [-0.1, -0.05) is 35.3 Å². The zero-order valence-electron chi connectivity index (χ0n) is 11.6. The van der Waals surface area contributed by atoms with Gasteiger partial charge in [-0.3, -0.25) is 4.79 Å². The summed E-state index contributed by atoms with van der Waals surface area (Å²) in [5.74, 6) is 0. The fourth-order valence-electron chi connectivity index (χ4n) is 2.61. The maximum atomic E-state index is 13.0. The first-order valence-electron chi connectivity index (χ1n) is 6.75. The van der Waals surface area contributed by atoms with Crippen LogP contribution < -0.4 is 11.2 Å². The maximum absolute atomic E-state index is 13.0. The molecule has 0 bridgehead atoms. The van der Waals surface area contributed by atoms with Crippen molar-refractivity contribution in [3.8, 4) is 11.1 Å². The highest BCUT2D eigenvalue weighted by Gasteiger charge is 2.17. The summed E-state index contributed by atoms with van der Waals surface area (Å²) in [7, 11) is 0. The number of halogens is 2. The number of fused-ring (bicyclic) bond motifs is 2. The minimum Gasteiger partial charge on any atom is -0.390 e. The molecule has 0 atom stereocenters. The van der Waals surface area contributed by atoms with Crippen LogP contribution in [0.2, 0.25) is 10.0 Å². The predicted molar refractivity (Wildman–Crippen MR) is 103 cm³/mol. The molecule has 0 aliphatic carbocycles. The molecule has 0 radical (unpaired) electrons. The number of rotatable bonds is 1. The van der Waals surface area contributed by atoms with Gasteiger partial charge in [0.1, 0.15) is 0 Å². The summed E-state index contributed by atoms with van der Waals surface area (Å²) in [5.41, 5.74) is 7.89. The molecular weight excluding hydrogens is 369 g/mol. The van der Waals surface area contributed by atoms with Crippen LogP contribution in [-0.4, -0.2) is 0 Å². The largest absolute Gasteiger partial charge is 0.390 e. The zero-order valence-corrected chi connectivity index (χ0v) is 14.7. The number of nitrogens with two attached hydrogens (primary N) is 1. The molecule has 0 saturated carbocycles. The Morgan fingerprint density at radius 2 is 1.61 bits per heavy atom. The van der Waals surface area contributed by atoms with Crippen LogP contribution >= 0.6 is 45.9 Å². The summed E-state index contributed by atoms with van der Waals surface area (Å²) in [6, 6.07) is 12.7. The highest BCUT2D eigenvalue weighted by atomic mass is 35.5. The van der Waals surface area contributed by atoms with Crippen molar-refractivity contribution in [2.75, 3.05) is 5.73 Å². The number of hydrogen-bond donors (Lipinski definition) is 1. The van der Waals surface area contributed by atoms with Gasteiger partial charge in [0.2, 0.25) is 0 Å². The lowest BCUT2D eigenvalue weighted by Gasteiger charge is -2.03. The van der Waals surface area contributed by atoms with Crippen molar-refractivity contribution in [3.05, 3.63) is 62.7 Å². The van der Waals surface area contributed by atoms with E-state index in [2.05, 4.69) is 0 Å². The second-order valence-electron chi connectivity index (χ2n) is 5.08. The quantitative estimate of drug-likeness (QED) is 0.439. The lowest BCUT2D eigenvalue weighted by molar-refractivity contribution is 1.67. The summed E-state index contributed by atoms with van der Waals surface area (Å²) >= 11 is 15.0. The maximum Gasteiger partial charge on any atom is 0.197 e. The summed E-state index contributed by atoms with van der Waals surface area (Å²) in [6.45, 7) is 0. The molecule has 0 aliphatic heterocycles. The Hall–Kier alpha value is -1.59. The monoisotopic (exact) mass is 377 g/mol. The average molecular weight is 378 g/mol. The van der Waals surface area contributed by atoms with Gasteiger partial charge in [0, 0.05) is 25.7 Å². The molecule has 0 unspecified atom stereocenters. The summed E-state index contributed by atoms with van der Waals surface area (Å²) in [6.07, 6.45) is 0. The minimum atomic E-state index is -0.0108. The van der Waals surface area contributed by atoms with Crippen LogP contribution in [0.15, 0.2) is 47.3 Å². The van der Waals surface area contributed by atoms with E-state index in [0.717, 1.165) is 19.8 Å². The van der Waals surface area contributed by atoms with Crippen molar-refractivity contribution in [2.24, 2.45) is 0 Å². The van der Waals surface area contributed by atoms with Crippen LogP contribution in [0.3, 0.4) is 0 Å². The van der Waals surface area contributed by atoms with Crippen molar-refractivity contribution in [3.63, 3.8) is 0 Å². The van der Waals surface area contributed by atoms with Crippen LogP contribution in [0.1, 0.15) is 0 Å². The Morgan fingerprint density at radius 3 is 2.35 bits per heavy atom. The molecule has 2 heterocycles. The fraction of sp³-hybridized carbons (Fsp3) is 0. The van der Waals surface area contributed by atoms with E-state index in [1.807, 2.05) is 18.2 Å². The molecule has 4 rings (SSSR count). The Balaban J connectivity index is 2.13. The SMILES string of the molecule is Nc1sc2sc3cc(Cl)ccc3c(=O)c2c1-c1ccc(Cl)cc1. The van der Waals surface area contributed by atoms with Gasteiger partial charge in [-0.05, 0) is 35.9 Å². The van der Waals surface area contributed by atoms with E-state index in [1.165, 1.54) is 11.3 Å². The standard InChI is InChI=1S/C17H9Cl2NOS2/c18-9-3-1-8(2-4-9)13-14-15(21)11-6-5-10(19)7-12(11)22-17(14)23-16(13)20/h1-7H,20H2. The van der Waals surface area contributed by atoms with Gasteiger partial charge >= 0.3 is 0 Å². The smallest absolute Gasteiger partial charge is 0.197 e. The highest BCUT2D eigenvalue weighted by Crippen LogP contribution is 2.43. The van der Waals surface area contributed by atoms with Gasteiger partial charge in [-0.2, -0.15) is 0 Å². The molecule has 0 aliphatic rings. The van der Waals surface area contributed by atoms with E-state index >= 15 is 0 Å². The van der Waals surface area contributed by atoms with Gasteiger partial charge in [-0.15, -0.1) is 22.7 Å². The molecule has 2 N–H and O–H groups in total. The topological polar surface area (TPSA) is 43.1 Å².